The van der Waals surface area contributed by atoms with Crippen molar-refractivity contribution in [1.82, 2.24) is 0 Å². The molecule has 0 N–H and O–H groups in total. The monoisotopic (exact) mass is 228 g/mol. The zero-order valence-corrected chi connectivity index (χ0v) is 11.3. The average Bonchev–Trinajstić information content (AvgIpc) is 2.54. The van der Waals surface area contributed by atoms with Crippen molar-refractivity contribution < 1.29 is 4.74 Å². The van der Waals surface area contributed by atoms with Crippen LogP contribution in [0.25, 0.3) is 0 Å². The molecular formula is C16H20O. The number of hydrogen-bond acceptors (Lipinski definition) is 1. The van der Waals surface area contributed by atoms with Crippen LogP contribution in [0.3, 0.4) is 0 Å². The van der Waals surface area contributed by atoms with Crippen molar-refractivity contribution in [3.63, 3.8) is 0 Å². The average molecular weight is 228 g/mol. The first-order valence-electron chi connectivity index (χ1n) is 6.06. The lowest BCUT2D eigenvalue weighted by molar-refractivity contribution is 0.409. The zero-order valence-electron chi connectivity index (χ0n) is 11.3. The van der Waals surface area contributed by atoms with Crippen molar-refractivity contribution in [1.29, 1.82) is 0 Å². The molecule has 1 nitrogen and oxygen atoms in total. The molecule has 90 valence electrons. The summed E-state index contributed by atoms with van der Waals surface area (Å²) < 4.78 is 5.48. The molecule has 0 heterocycles. The van der Waals surface area contributed by atoms with Crippen LogP contribution in [0.1, 0.15) is 39.2 Å². The molecule has 1 aliphatic carbocycles. The van der Waals surface area contributed by atoms with Crippen LogP contribution in [0, 0.1) is 0 Å². The Balaban J connectivity index is 2.56. The van der Waals surface area contributed by atoms with Crippen molar-refractivity contribution in [3.8, 4) is 5.75 Å². The molecule has 17 heavy (non-hydrogen) atoms. The molecule has 0 aliphatic heterocycles. The lowest BCUT2D eigenvalue weighted by Crippen LogP contribution is -2.02. The van der Waals surface area contributed by atoms with Crippen molar-refractivity contribution in [2.24, 2.45) is 0 Å². The highest BCUT2D eigenvalue weighted by molar-refractivity contribution is 5.56. The summed E-state index contributed by atoms with van der Waals surface area (Å²) in [5.74, 6) is 1.38. The normalized spacial score (nSPS) is 17.0. The highest BCUT2D eigenvalue weighted by Crippen LogP contribution is 2.45. The zero-order chi connectivity index (χ0) is 12.6. The predicted molar refractivity (Wildman–Crippen MR) is 72.5 cm³/mol. The lowest BCUT2D eigenvalue weighted by Gasteiger charge is -2.18. The third kappa shape index (κ3) is 1.80. The van der Waals surface area contributed by atoms with E-state index in [9.17, 15) is 0 Å². The molecule has 1 aromatic rings. The summed E-state index contributed by atoms with van der Waals surface area (Å²) >= 11 is 0. The Bertz CT molecular complexity index is 482. The van der Waals surface area contributed by atoms with E-state index >= 15 is 0 Å². The van der Waals surface area contributed by atoms with Gasteiger partial charge in [0.15, 0.2) is 0 Å². The summed E-state index contributed by atoms with van der Waals surface area (Å²) in [6.45, 7) is 8.88. The van der Waals surface area contributed by atoms with Gasteiger partial charge in [0, 0.05) is 11.5 Å². The molecule has 1 aromatic carbocycles. The summed E-state index contributed by atoms with van der Waals surface area (Å²) in [4.78, 5) is 0. The van der Waals surface area contributed by atoms with Crippen LogP contribution in [0.5, 0.6) is 5.75 Å². The van der Waals surface area contributed by atoms with E-state index in [1.807, 2.05) is 12.1 Å². The second-order valence-electron chi connectivity index (χ2n) is 4.79. The SMILES string of the molecule is COc1ccccc1C1C(C)=C(C)C(C)=C1C. The van der Waals surface area contributed by atoms with Gasteiger partial charge in [0.2, 0.25) is 0 Å². The molecule has 0 saturated carbocycles. The van der Waals surface area contributed by atoms with Crippen molar-refractivity contribution in [3.05, 3.63) is 52.1 Å². The van der Waals surface area contributed by atoms with E-state index in [0.717, 1.165) is 5.75 Å². The van der Waals surface area contributed by atoms with Crippen LogP contribution in [-0.4, -0.2) is 7.11 Å². The molecule has 0 atom stereocenters. The van der Waals surface area contributed by atoms with Crippen LogP contribution in [0.4, 0.5) is 0 Å². The topological polar surface area (TPSA) is 9.23 Å². The van der Waals surface area contributed by atoms with E-state index in [1.165, 1.54) is 27.9 Å². The van der Waals surface area contributed by atoms with Crippen LogP contribution >= 0.6 is 0 Å². The molecular weight excluding hydrogens is 208 g/mol. The number of rotatable bonds is 2. The van der Waals surface area contributed by atoms with E-state index < -0.39 is 0 Å². The fourth-order valence-electron chi connectivity index (χ4n) is 2.72. The number of para-hydroxylation sites is 1. The van der Waals surface area contributed by atoms with Crippen LogP contribution in [-0.2, 0) is 0 Å². The van der Waals surface area contributed by atoms with E-state index in [-0.39, 0.29) is 0 Å². The van der Waals surface area contributed by atoms with Gasteiger partial charge in [0.1, 0.15) is 5.75 Å². The number of methoxy groups -OCH3 is 1. The van der Waals surface area contributed by atoms with Crippen LogP contribution < -0.4 is 4.74 Å². The van der Waals surface area contributed by atoms with E-state index in [2.05, 4.69) is 39.8 Å². The molecule has 1 heteroatoms. The Morgan fingerprint density at radius 2 is 1.41 bits per heavy atom. The van der Waals surface area contributed by atoms with Gasteiger partial charge in [-0.3, -0.25) is 0 Å². The third-order valence-electron chi connectivity index (χ3n) is 4.06. The minimum atomic E-state index is 0.395. The maximum absolute atomic E-state index is 5.48. The van der Waals surface area contributed by atoms with E-state index in [4.69, 9.17) is 4.74 Å². The van der Waals surface area contributed by atoms with Gasteiger partial charge < -0.3 is 4.74 Å². The fourth-order valence-corrected chi connectivity index (χ4v) is 2.72. The van der Waals surface area contributed by atoms with Gasteiger partial charge in [-0.2, -0.15) is 0 Å². The summed E-state index contributed by atoms with van der Waals surface area (Å²) in [7, 11) is 1.74. The number of ether oxygens (including phenoxy) is 1. The molecule has 0 unspecified atom stereocenters. The molecule has 0 radical (unpaired) electrons. The van der Waals surface area contributed by atoms with Gasteiger partial charge in [-0.15, -0.1) is 0 Å². The van der Waals surface area contributed by atoms with Gasteiger partial charge in [-0.1, -0.05) is 29.3 Å². The first-order valence-corrected chi connectivity index (χ1v) is 6.06. The highest BCUT2D eigenvalue weighted by atomic mass is 16.5. The molecule has 0 saturated heterocycles. The molecule has 0 bridgehead atoms. The van der Waals surface area contributed by atoms with Gasteiger partial charge in [-0.05, 0) is 44.9 Å². The molecule has 0 spiro atoms. The molecule has 1 aliphatic rings. The third-order valence-corrected chi connectivity index (χ3v) is 4.06. The van der Waals surface area contributed by atoms with Gasteiger partial charge in [0.05, 0.1) is 7.11 Å². The summed E-state index contributed by atoms with van der Waals surface area (Å²) in [6, 6.07) is 8.32. The smallest absolute Gasteiger partial charge is 0.122 e. The Labute approximate surface area is 104 Å². The fraction of sp³-hybridized carbons (Fsp3) is 0.375. The maximum Gasteiger partial charge on any atom is 0.122 e. The number of allylic oxidation sites excluding steroid dienone is 4. The first-order chi connectivity index (χ1) is 8.07. The predicted octanol–water partition coefficient (Wildman–Crippen LogP) is 4.47. The highest BCUT2D eigenvalue weighted by Gasteiger charge is 2.27. The van der Waals surface area contributed by atoms with Crippen molar-refractivity contribution in [2.75, 3.05) is 7.11 Å². The molecule has 0 fully saturated rings. The summed E-state index contributed by atoms with van der Waals surface area (Å²) in [6.07, 6.45) is 0. The summed E-state index contributed by atoms with van der Waals surface area (Å²) in [5.41, 5.74) is 7.03. The van der Waals surface area contributed by atoms with E-state index in [1.54, 1.807) is 7.11 Å². The molecule has 0 amide bonds. The minimum Gasteiger partial charge on any atom is -0.496 e. The van der Waals surface area contributed by atoms with Gasteiger partial charge >= 0.3 is 0 Å². The Morgan fingerprint density at radius 3 is 1.94 bits per heavy atom. The molecule has 2 rings (SSSR count). The molecule has 0 aromatic heterocycles. The van der Waals surface area contributed by atoms with Crippen molar-refractivity contribution in [2.45, 2.75) is 33.6 Å². The first kappa shape index (κ1) is 12.0. The summed E-state index contributed by atoms with van der Waals surface area (Å²) in [5, 5.41) is 0. The quantitative estimate of drug-likeness (QED) is 0.726. The Morgan fingerprint density at radius 1 is 0.882 bits per heavy atom. The number of benzene rings is 1. The van der Waals surface area contributed by atoms with E-state index in [0.29, 0.717) is 5.92 Å². The largest absolute Gasteiger partial charge is 0.496 e. The standard InChI is InChI=1S/C16H20O/c1-10-11(2)13(4)16(12(10)3)14-8-6-7-9-15(14)17-5/h6-9,16H,1-5H3. The van der Waals surface area contributed by atoms with Crippen LogP contribution in [0.15, 0.2) is 46.6 Å². The van der Waals surface area contributed by atoms with Crippen molar-refractivity contribution >= 4 is 0 Å². The second-order valence-corrected chi connectivity index (χ2v) is 4.79. The Kier molecular flexibility index (Phi) is 3.10. The van der Waals surface area contributed by atoms with Gasteiger partial charge in [-0.25, -0.2) is 0 Å². The van der Waals surface area contributed by atoms with Crippen LogP contribution in [0.2, 0.25) is 0 Å². The lowest BCUT2D eigenvalue weighted by atomic mass is 9.88. The Hall–Kier alpha value is -1.50. The maximum atomic E-state index is 5.48. The van der Waals surface area contributed by atoms with Gasteiger partial charge in [0.25, 0.3) is 0 Å². The number of hydrogen-bond donors (Lipinski definition) is 0. The minimum absolute atomic E-state index is 0.395. The second kappa shape index (κ2) is 4.40.